The van der Waals surface area contributed by atoms with Crippen LogP contribution in [0.15, 0.2) is 12.7 Å². The summed E-state index contributed by atoms with van der Waals surface area (Å²) in [4.78, 5) is 16.1. The van der Waals surface area contributed by atoms with Crippen molar-refractivity contribution in [3.8, 4) is 5.95 Å². The molecule has 0 saturated heterocycles. The van der Waals surface area contributed by atoms with E-state index in [9.17, 15) is 0 Å². The second-order valence-corrected chi connectivity index (χ2v) is 4.10. The van der Waals surface area contributed by atoms with Crippen molar-refractivity contribution in [1.82, 2.24) is 29.7 Å². The van der Waals surface area contributed by atoms with Crippen LogP contribution in [0.1, 0.15) is 6.92 Å². The van der Waals surface area contributed by atoms with Gasteiger partial charge in [-0.15, -0.1) is 0 Å². The minimum absolute atomic E-state index is 0.127. The van der Waals surface area contributed by atoms with E-state index in [1.165, 1.54) is 17.3 Å². The summed E-state index contributed by atoms with van der Waals surface area (Å²) >= 11 is 0. The molecule has 0 fully saturated rings. The normalized spacial score (nSPS) is 12.3. The monoisotopic (exact) mass is 264 g/mol. The number of hydrogen-bond acceptors (Lipinski definition) is 8. The molecule has 1 atom stereocenters. The minimum Gasteiger partial charge on any atom is -0.384 e. The molecule has 0 aliphatic rings. The maximum absolute atomic E-state index is 5.64. The third-order valence-electron chi connectivity index (χ3n) is 2.32. The molecule has 0 aliphatic carbocycles. The number of methoxy groups -OCH3 is 1. The molecule has 0 radical (unpaired) electrons. The first-order valence-corrected chi connectivity index (χ1v) is 5.78. The molecule has 0 amide bonds. The summed E-state index contributed by atoms with van der Waals surface area (Å²) in [6.45, 7) is 3.39. The zero-order valence-corrected chi connectivity index (χ0v) is 10.8. The van der Waals surface area contributed by atoms with Crippen molar-refractivity contribution < 1.29 is 4.74 Å². The molecule has 19 heavy (non-hydrogen) atoms. The second kappa shape index (κ2) is 6.05. The lowest BCUT2D eigenvalue weighted by Crippen LogP contribution is -2.18. The van der Waals surface area contributed by atoms with Gasteiger partial charge in [-0.2, -0.15) is 24.7 Å². The average molecular weight is 264 g/mol. The van der Waals surface area contributed by atoms with Gasteiger partial charge in [-0.3, -0.25) is 0 Å². The van der Waals surface area contributed by atoms with Crippen molar-refractivity contribution in [2.24, 2.45) is 5.92 Å². The van der Waals surface area contributed by atoms with Gasteiger partial charge in [0.25, 0.3) is 5.95 Å². The van der Waals surface area contributed by atoms with E-state index in [-0.39, 0.29) is 5.95 Å². The fourth-order valence-electron chi connectivity index (χ4n) is 1.48. The smallest absolute Gasteiger partial charge is 0.258 e. The van der Waals surface area contributed by atoms with Crippen LogP contribution in [0.4, 0.5) is 11.9 Å². The molecule has 9 nitrogen and oxygen atoms in total. The average Bonchev–Trinajstić information content (AvgIpc) is 2.90. The predicted molar refractivity (Wildman–Crippen MR) is 68.7 cm³/mol. The zero-order valence-electron chi connectivity index (χ0n) is 10.8. The van der Waals surface area contributed by atoms with Crippen LogP contribution < -0.4 is 11.1 Å². The Morgan fingerprint density at radius 2 is 2.26 bits per heavy atom. The lowest BCUT2D eigenvalue weighted by molar-refractivity contribution is 0.164. The van der Waals surface area contributed by atoms with Crippen molar-refractivity contribution in [1.29, 1.82) is 0 Å². The van der Waals surface area contributed by atoms with E-state index in [0.717, 1.165) is 0 Å². The summed E-state index contributed by atoms with van der Waals surface area (Å²) in [6, 6.07) is 0. The molecule has 2 aromatic heterocycles. The molecule has 0 bridgehead atoms. The SMILES string of the molecule is COCC(C)CNc1nc(N)nc(-n2cncn2)n1. The number of ether oxygens (including phenoxy) is 1. The molecule has 2 aromatic rings. The highest BCUT2D eigenvalue weighted by atomic mass is 16.5. The Kier molecular flexibility index (Phi) is 4.18. The largest absolute Gasteiger partial charge is 0.384 e. The molecular formula is C10H16N8O. The van der Waals surface area contributed by atoms with Crippen LogP contribution in [-0.4, -0.2) is 50.0 Å². The number of rotatable bonds is 6. The molecule has 0 saturated carbocycles. The Morgan fingerprint density at radius 1 is 1.42 bits per heavy atom. The molecule has 0 aromatic carbocycles. The van der Waals surface area contributed by atoms with E-state index in [4.69, 9.17) is 10.5 Å². The Hall–Kier alpha value is -2.29. The standard InChI is InChI=1S/C10H16N8O/c1-7(4-19-2)3-13-9-15-8(11)16-10(17-9)18-6-12-5-14-18/h5-7H,3-4H2,1-2H3,(H3,11,13,15,16,17). The van der Waals surface area contributed by atoms with Crippen molar-refractivity contribution in [2.45, 2.75) is 6.92 Å². The summed E-state index contributed by atoms with van der Waals surface area (Å²) < 4.78 is 6.48. The predicted octanol–water partition coefficient (Wildman–Crippen LogP) is -0.271. The molecule has 9 heteroatoms. The van der Waals surface area contributed by atoms with Crippen LogP contribution in [-0.2, 0) is 4.74 Å². The summed E-state index contributed by atoms with van der Waals surface area (Å²) in [6.07, 6.45) is 2.89. The maximum Gasteiger partial charge on any atom is 0.258 e. The Balaban J connectivity index is 2.09. The number of nitrogens with one attached hydrogen (secondary N) is 1. The highest BCUT2D eigenvalue weighted by Gasteiger charge is 2.08. The summed E-state index contributed by atoms with van der Waals surface area (Å²) in [5.41, 5.74) is 5.64. The quantitative estimate of drug-likeness (QED) is 0.732. The first-order valence-electron chi connectivity index (χ1n) is 5.78. The number of hydrogen-bond donors (Lipinski definition) is 2. The number of aromatic nitrogens is 6. The maximum atomic E-state index is 5.64. The lowest BCUT2D eigenvalue weighted by Gasteiger charge is -2.11. The topological polar surface area (TPSA) is 117 Å². The fraction of sp³-hybridized carbons (Fsp3) is 0.500. The highest BCUT2D eigenvalue weighted by Crippen LogP contribution is 2.06. The summed E-state index contributed by atoms with van der Waals surface area (Å²) in [7, 11) is 1.67. The van der Waals surface area contributed by atoms with Gasteiger partial charge in [0.05, 0.1) is 6.61 Å². The van der Waals surface area contributed by atoms with Crippen molar-refractivity contribution >= 4 is 11.9 Å². The Bertz CT molecular complexity index is 514. The molecule has 2 heterocycles. The van der Waals surface area contributed by atoms with Gasteiger partial charge < -0.3 is 15.8 Å². The van der Waals surface area contributed by atoms with Gasteiger partial charge in [0, 0.05) is 13.7 Å². The van der Waals surface area contributed by atoms with Gasteiger partial charge in [0.1, 0.15) is 12.7 Å². The van der Waals surface area contributed by atoms with Gasteiger partial charge in [0.2, 0.25) is 11.9 Å². The van der Waals surface area contributed by atoms with Crippen molar-refractivity contribution in [3.05, 3.63) is 12.7 Å². The van der Waals surface area contributed by atoms with Crippen LogP contribution in [0.5, 0.6) is 0 Å². The van der Waals surface area contributed by atoms with Crippen molar-refractivity contribution in [3.63, 3.8) is 0 Å². The van der Waals surface area contributed by atoms with Gasteiger partial charge in [-0.05, 0) is 5.92 Å². The number of nitrogens with zero attached hydrogens (tertiary/aromatic N) is 6. The van der Waals surface area contributed by atoms with Crippen LogP contribution in [0.25, 0.3) is 5.95 Å². The van der Waals surface area contributed by atoms with Crippen LogP contribution >= 0.6 is 0 Å². The Morgan fingerprint density at radius 3 is 2.95 bits per heavy atom. The van der Waals surface area contributed by atoms with Crippen LogP contribution in [0.3, 0.4) is 0 Å². The third-order valence-corrected chi connectivity index (χ3v) is 2.32. The zero-order chi connectivity index (χ0) is 13.7. The van der Waals surface area contributed by atoms with E-state index < -0.39 is 0 Å². The van der Waals surface area contributed by atoms with E-state index in [1.807, 2.05) is 0 Å². The van der Waals surface area contributed by atoms with E-state index >= 15 is 0 Å². The highest BCUT2D eigenvalue weighted by molar-refractivity contribution is 5.34. The number of nitrogens with two attached hydrogens (primary N) is 1. The molecule has 102 valence electrons. The number of anilines is 2. The first-order chi connectivity index (χ1) is 9.19. The van der Waals surface area contributed by atoms with Crippen LogP contribution in [0, 0.1) is 5.92 Å². The molecular weight excluding hydrogens is 248 g/mol. The minimum atomic E-state index is 0.127. The molecule has 1 unspecified atom stereocenters. The summed E-state index contributed by atoms with van der Waals surface area (Å²) in [5, 5.41) is 7.03. The Labute approximate surface area is 110 Å². The second-order valence-electron chi connectivity index (χ2n) is 4.10. The lowest BCUT2D eigenvalue weighted by atomic mass is 10.2. The fourth-order valence-corrected chi connectivity index (χ4v) is 1.48. The van der Waals surface area contributed by atoms with E-state index in [0.29, 0.717) is 31.0 Å². The van der Waals surface area contributed by atoms with Gasteiger partial charge in [0.15, 0.2) is 0 Å². The molecule has 0 spiro atoms. The summed E-state index contributed by atoms with van der Waals surface area (Å²) in [5.74, 6) is 1.19. The first kappa shape index (κ1) is 13.1. The van der Waals surface area contributed by atoms with Crippen molar-refractivity contribution in [2.75, 3.05) is 31.3 Å². The molecule has 2 rings (SSSR count). The van der Waals surface area contributed by atoms with Gasteiger partial charge in [-0.25, -0.2) is 4.98 Å². The molecule has 0 aliphatic heterocycles. The van der Waals surface area contributed by atoms with E-state index in [2.05, 4.69) is 37.3 Å². The third kappa shape index (κ3) is 3.58. The van der Waals surface area contributed by atoms with Gasteiger partial charge in [-0.1, -0.05) is 6.92 Å². The van der Waals surface area contributed by atoms with E-state index in [1.54, 1.807) is 7.11 Å². The van der Waals surface area contributed by atoms with Gasteiger partial charge >= 0.3 is 0 Å². The molecule has 3 N–H and O–H groups in total. The van der Waals surface area contributed by atoms with Crippen LogP contribution in [0.2, 0.25) is 0 Å². The number of nitrogen functional groups attached to an aromatic ring is 1.